The van der Waals surface area contributed by atoms with Gasteiger partial charge in [0, 0.05) is 12.2 Å². The number of benzene rings is 1. The first-order valence-corrected chi connectivity index (χ1v) is 4.87. The quantitative estimate of drug-likeness (QED) is 0.623. The van der Waals surface area contributed by atoms with E-state index < -0.39 is 6.10 Å². The van der Waals surface area contributed by atoms with Gasteiger partial charge in [-0.25, -0.2) is 0 Å². The van der Waals surface area contributed by atoms with E-state index in [0.29, 0.717) is 12.1 Å². The minimum atomic E-state index is -0.514. The van der Waals surface area contributed by atoms with Crippen molar-refractivity contribution >= 4 is 11.6 Å². The van der Waals surface area contributed by atoms with Crippen LogP contribution in [0.1, 0.15) is 12.5 Å². The first-order chi connectivity index (χ1) is 7.08. The van der Waals surface area contributed by atoms with E-state index in [1.807, 2.05) is 12.1 Å². The van der Waals surface area contributed by atoms with Gasteiger partial charge < -0.3 is 16.2 Å². The smallest absolute Gasteiger partial charge is 0.224 e. The minimum Gasteiger partial charge on any atom is -0.399 e. The van der Waals surface area contributed by atoms with E-state index >= 15 is 0 Å². The van der Waals surface area contributed by atoms with Crippen molar-refractivity contribution in [3.8, 4) is 0 Å². The monoisotopic (exact) mass is 208 g/mol. The Balaban J connectivity index is 2.41. The number of nitrogen functional groups attached to an aromatic ring is 1. The Morgan fingerprint density at radius 2 is 2.07 bits per heavy atom. The number of anilines is 1. The predicted octanol–water partition coefficient (Wildman–Crippen LogP) is 0.308. The van der Waals surface area contributed by atoms with Crippen LogP contribution in [0.4, 0.5) is 5.69 Å². The van der Waals surface area contributed by atoms with E-state index in [0.717, 1.165) is 5.56 Å². The van der Waals surface area contributed by atoms with Crippen LogP contribution in [0, 0.1) is 0 Å². The molecule has 0 heterocycles. The number of hydrogen-bond donors (Lipinski definition) is 3. The Morgan fingerprint density at radius 3 is 2.60 bits per heavy atom. The number of hydrogen-bond acceptors (Lipinski definition) is 3. The Kier molecular flexibility index (Phi) is 4.12. The average Bonchev–Trinajstić information content (AvgIpc) is 2.19. The van der Waals surface area contributed by atoms with E-state index in [1.54, 1.807) is 19.1 Å². The summed E-state index contributed by atoms with van der Waals surface area (Å²) in [5.74, 6) is -0.0966. The summed E-state index contributed by atoms with van der Waals surface area (Å²) in [6.45, 7) is 1.91. The molecule has 4 heteroatoms. The van der Waals surface area contributed by atoms with Crippen molar-refractivity contribution < 1.29 is 9.90 Å². The number of rotatable bonds is 4. The molecule has 0 aromatic heterocycles. The summed E-state index contributed by atoms with van der Waals surface area (Å²) in [7, 11) is 0. The summed E-state index contributed by atoms with van der Waals surface area (Å²) in [5, 5.41) is 11.6. The number of carbonyl (C=O) groups excluding carboxylic acids is 1. The third-order valence-electron chi connectivity index (χ3n) is 1.94. The van der Waals surface area contributed by atoms with Crippen LogP contribution in [-0.4, -0.2) is 23.7 Å². The maximum absolute atomic E-state index is 11.3. The molecule has 1 unspecified atom stereocenters. The van der Waals surface area contributed by atoms with Crippen LogP contribution in [0.5, 0.6) is 0 Å². The lowest BCUT2D eigenvalue weighted by Gasteiger charge is -2.07. The molecule has 0 saturated heterocycles. The normalized spacial score (nSPS) is 12.1. The summed E-state index contributed by atoms with van der Waals surface area (Å²) in [4.78, 5) is 11.3. The lowest BCUT2D eigenvalue weighted by atomic mass is 10.1. The standard InChI is InChI=1S/C11H16N2O2/c1-8(14)7-13-11(15)6-9-2-4-10(12)5-3-9/h2-5,8,14H,6-7,12H2,1H3,(H,13,15). The van der Waals surface area contributed by atoms with Gasteiger partial charge in [0.2, 0.25) is 5.91 Å². The molecule has 1 amide bonds. The van der Waals surface area contributed by atoms with Crippen LogP contribution >= 0.6 is 0 Å². The number of nitrogens with one attached hydrogen (secondary N) is 1. The van der Waals surface area contributed by atoms with E-state index in [-0.39, 0.29) is 12.5 Å². The van der Waals surface area contributed by atoms with Gasteiger partial charge in [0.05, 0.1) is 12.5 Å². The molecule has 1 rings (SSSR count). The summed E-state index contributed by atoms with van der Waals surface area (Å²) < 4.78 is 0. The molecule has 0 spiro atoms. The Bertz CT molecular complexity index is 320. The third-order valence-corrected chi connectivity index (χ3v) is 1.94. The fourth-order valence-corrected chi connectivity index (χ4v) is 1.14. The minimum absolute atomic E-state index is 0.0966. The fourth-order valence-electron chi connectivity index (χ4n) is 1.14. The molecule has 1 aromatic carbocycles. The predicted molar refractivity (Wildman–Crippen MR) is 59.2 cm³/mol. The van der Waals surface area contributed by atoms with Crippen LogP contribution in [-0.2, 0) is 11.2 Å². The van der Waals surface area contributed by atoms with Gasteiger partial charge in [-0.2, -0.15) is 0 Å². The second-order valence-electron chi connectivity index (χ2n) is 3.57. The molecule has 0 aliphatic rings. The van der Waals surface area contributed by atoms with E-state index in [2.05, 4.69) is 5.32 Å². The first-order valence-electron chi connectivity index (χ1n) is 4.87. The highest BCUT2D eigenvalue weighted by Gasteiger charge is 2.03. The molecule has 82 valence electrons. The second-order valence-corrected chi connectivity index (χ2v) is 3.57. The summed E-state index contributed by atoms with van der Waals surface area (Å²) in [6, 6.07) is 7.16. The van der Waals surface area contributed by atoms with Crippen molar-refractivity contribution in [1.29, 1.82) is 0 Å². The summed E-state index contributed by atoms with van der Waals surface area (Å²) in [6.07, 6.45) is -0.201. The molecule has 4 N–H and O–H groups in total. The van der Waals surface area contributed by atoms with Crippen molar-refractivity contribution in [2.24, 2.45) is 0 Å². The zero-order chi connectivity index (χ0) is 11.3. The van der Waals surface area contributed by atoms with Crippen LogP contribution in [0.25, 0.3) is 0 Å². The maximum Gasteiger partial charge on any atom is 0.224 e. The molecule has 0 saturated carbocycles. The summed E-state index contributed by atoms with van der Waals surface area (Å²) in [5.41, 5.74) is 7.12. The third kappa shape index (κ3) is 4.46. The maximum atomic E-state index is 11.3. The number of aliphatic hydroxyl groups excluding tert-OH is 1. The van der Waals surface area contributed by atoms with Gasteiger partial charge in [0.25, 0.3) is 0 Å². The van der Waals surface area contributed by atoms with Crippen molar-refractivity contribution in [3.63, 3.8) is 0 Å². The van der Waals surface area contributed by atoms with Gasteiger partial charge in [-0.05, 0) is 24.6 Å². The highest BCUT2D eigenvalue weighted by atomic mass is 16.3. The van der Waals surface area contributed by atoms with E-state index in [1.165, 1.54) is 0 Å². The lowest BCUT2D eigenvalue weighted by molar-refractivity contribution is -0.120. The highest BCUT2D eigenvalue weighted by molar-refractivity contribution is 5.78. The van der Waals surface area contributed by atoms with Crippen molar-refractivity contribution in [3.05, 3.63) is 29.8 Å². The second kappa shape index (κ2) is 5.36. The zero-order valence-electron chi connectivity index (χ0n) is 8.73. The number of aliphatic hydroxyl groups is 1. The molecule has 1 atom stereocenters. The Labute approximate surface area is 89.1 Å². The molecule has 0 aliphatic carbocycles. The van der Waals surface area contributed by atoms with Crippen molar-refractivity contribution in [2.45, 2.75) is 19.4 Å². The van der Waals surface area contributed by atoms with Crippen LogP contribution in [0.2, 0.25) is 0 Å². The number of nitrogens with two attached hydrogens (primary N) is 1. The SMILES string of the molecule is CC(O)CNC(=O)Cc1ccc(N)cc1. The van der Waals surface area contributed by atoms with Crippen LogP contribution in [0.3, 0.4) is 0 Å². The Morgan fingerprint density at radius 1 is 1.47 bits per heavy atom. The molecule has 0 bridgehead atoms. The average molecular weight is 208 g/mol. The van der Waals surface area contributed by atoms with Crippen molar-refractivity contribution in [1.82, 2.24) is 5.32 Å². The van der Waals surface area contributed by atoms with Gasteiger partial charge in [0.1, 0.15) is 0 Å². The zero-order valence-corrected chi connectivity index (χ0v) is 8.73. The van der Waals surface area contributed by atoms with E-state index in [9.17, 15) is 4.79 Å². The first kappa shape index (κ1) is 11.5. The van der Waals surface area contributed by atoms with Crippen LogP contribution in [0.15, 0.2) is 24.3 Å². The molecule has 0 aliphatic heterocycles. The van der Waals surface area contributed by atoms with Crippen molar-refractivity contribution in [2.75, 3.05) is 12.3 Å². The van der Waals surface area contributed by atoms with Crippen LogP contribution < -0.4 is 11.1 Å². The lowest BCUT2D eigenvalue weighted by Crippen LogP contribution is -2.31. The molecule has 0 fully saturated rings. The molecular weight excluding hydrogens is 192 g/mol. The van der Waals surface area contributed by atoms with Gasteiger partial charge in [-0.3, -0.25) is 4.79 Å². The molecule has 1 aromatic rings. The molecule has 4 nitrogen and oxygen atoms in total. The number of carbonyl (C=O) groups is 1. The van der Waals surface area contributed by atoms with Gasteiger partial charge in [0.15, 0.2) is 0 Å². The summed E-state index contributed by atoms with van der Waals surface area (Å²) >= 11 is 0. The topological polar surface area (TPSA) is 75.3 Å². The van der Waals surface area contributed by atoms with Gasteiger partial charge in [-0.1, -0.05) is 12.1 Å². The molecule has 15 heavy (non-hydrogen) atoms. The molecular formula is C11H16N2O2. The van der Waals surface area contributed by atoms with E-state index in [4.69, 9.17) is 10.8 Å². The molecule has 0 radical (unpaired) electrons. The fraction of sp³-hybridized carbons (Fsp3) is 0.364. The Hall–Kier alpha value is -1.55. The number of amides is 1. The largest absolute Gasteiger partial charge is 0.399 e. The van der Waals surface area contributed by atoms with Gasteiger partial charge >= 0.3 is 0 Å². The highest BCUT2D eigenvalue weighted by Crippen LogP contribution is 2.05. The van der Waals surface area contributed by atoms with Gasteiger partial charge in [-0.15, -0.1) is 0 Å².